The predicted octanol–water partition coefficient (Wildman–Crippen LogP) is 2.61. The third-order valence-electron chi connectivity index (χ3n) is 3.82. The highest BCUT2D eigenvalue weighted by Gasteiger charge is 2.21. The van der Waals surface area contributed by atoms with Gasteiger partial charge in [0.2, 0.25) is 10.0 Å². The second kappa shape index (κ2) is 6.43. The van der Waals surface area contributed by atoms with Crippen LogP contribution in [0, 0.1) is 0 Å². The number of hydrogen-bond donors (Lipinski definition) is 1. The Bertz CT molecular complexity index is 528. The fraction of sp³-hybridized carbons (Fsp3) is 0.643. The number of hydrogen-bond acceptors (Lipinski definition) is 4. The van der Waals surface area contributed by atoms with Crippen molar-refractivity contribution in [3.63, 3.8) is 0 Å². The highest BCUT2D eigenvalue weighted by Crippen LogP contribution is 2.26. The van der Waals surface area contributed by atoms with Gasteiger partial charge in [0, 0.05) is 12.6 Å². The Morgan fingerprint density at radius 2 is 2.15 bits per heavy atom. The summed E-state index contributed by atoms with van der Waals surface area (Å²) in [4.78, 5) is 6.61. The summed E-state index contributed by atoms with van der Waals surface area (Å²) in [6.07, 6.45) is 6.62. The van der Waals surface area contributed by atoms with Crippen LogP contribution in [0.4, 0.5) is 11.5 Å². The van der Waals surface area contributed by atoms with Crippen LogP contribution in [-0.2, 0) is 10.0 Å². The van der Waals surface area contributed by atoms with Crippen LogP contribution in [0.25, 0.3) is 0 Å². The quantitative estimate of drug-likeness (QED) is 0.907. The molecule has 6 heteroatoms. The number of pyridine rings is 1. The Hall–Kier alpha value is -1.30. The van der Waals surface area contributed by atoms with Crippen molar-refractivity contribution < 1.29 is 8.42 Å². The Labute approximate surface area is 121 Å². The van der Waals surface area contributed by atoms with Crippen molar-refractivity contribution in [3.05, 3.63) is 18.3 Å². The molecule has 112 valence electrons. The van der Waals surface area contributed by atoms with Crippen molar-refractivity contribution in [2.24, 2.45) is 0 Å². The highest BCUT2D eigenvalue weighted by atomic mass is 32.2. The fourth-order valence-corrected chi connectivity index (χ4v) is 3.20. The number of nitrogens with one attached hydrogen (secondary N) is 1. The van der Waals surface area contributed by atoms with Gasteiger partial charge < -0.3 is 4.90 Å². The van der Waals surface area contributed by atoms with Crippen LogP contribution in [0.3, 0.4) is 0 Å². The summed E-state index contributed by atoms with van der Waals surface area (Å²) >= 11 is 0. The summed E-state index contributed by atoms with van der Waals surface area (Å²) in [7, 11) is -3.25. The van der Waals surface area contributed by atoms with E-state index in [2.05, 4.69) is 21.5 Å². The molecule has 1 saturated heterocycles. The average molecular weight is 297 g/mol. The van der Waals surface area contributed by atoms with Gasteiger partial charge in [0.15, 0.2) is 0 Å². The molecule has 1 aliphatic rings. The van der Waals surface area contributed by atoms with E-state index in [0.29, 0.717) is 11.9 Å². The summed E-state index contributed by atoms with van der Waals surface area (Å²) in [6, 6.07) is 4.27. The zero-order valence-corrected chi connectivity index (χ0v) is 13.0. The first kappa shape index (κ1) is 15.1. The maximum Gasteiger partial charge on any atom is 0.233 e. The number of piperidine rings is 1. The minimum Gasteiger partial charge on any atom is -0.367 e. The lowest BCUT2D eigenvalue weighted by Crippen LogP contribution is -2.39. The smallest absolute Gasteiger partial charge is 0.233 e. The van der Waals surface area contributed by atoms with Crippen molar-refractivity contribution in [3.8, 4) is 0 Å². The van der Waals surface area contributed by atoms with E-state index in [1.807, 2.05) is 6.07 Å². The topological polar surface area (TPSA) is 62.3 Å². The highest BCUT2D eigenvalue weighted by molar-refractivity contribution is 7.92. The Morgan fingerprint density at radius 1 is 1.35 bits per heavy atom. The molecule has 0 radical (unpaired) electrons. The minimum absolute atomic E-state index is 0.0560. The molecule has 1 unspecified atom stereocenters. The summed E-state index contributed by atoms with van der Waals surface area (Å²) in [6.45, 7) is 4.87. The van der Waals surface area contributed by atoms with E-state index in [9.17, 15) is 8.42 Å². The summed E-state index contributed by atoms with van der Waals surface area (Å²) in [5, 5.41) is 0. The normalized spacial score (nSPS) is 19.9. The summed E-state index contributed by atoms with van der Waals surface area (Å²) < 4.78 is 25.5. The van der Waals surface area contributed by atoms with Crippen molar-refractivity contribution in [2.45, 2.75) is 45.6 Å². The maximum absolute atomic E-state index is 11.5. The largest absolute Gasteiger partial charge is 0.367 e. The van der Waals surface area contributed by atoms with Gasteiger partial charge in [-0.2, -0.15) is 0 Å². The van der Waals surface area contributed by atoms with E-state index < -0.39 is 10.0 Å². The first-order chi connectivity index (χ1) is 9.55. The molecule has 5 nitrogen and oxygen atoms in total. The number of rotatable bonds is 5. The molecule has 2 rings (SSSR count). The van der Waals surface area contributed by atoms with E-state index in [-0.39, 0.29) is 5.75 Å². The van der Waals surface area contributed by atoms with Gasteiger partial charge in [-0.25, -0.2) is 13.4 Å². The minimum atomic E-state index is -3.25. The lowest BCUT2D eigenvalue weighted by atomic mass is 9.99. The third-order valence-corrected chi connectivity index (χ3v) is 5.10. The van der Waals surface area contributed by atoms with Crippen LogP contribution in [-0.4, -0.2) is 31.7 Å². The number of anilines is 2. The van der Waals surface area contributed by atoms with Crippen LogP contribution in [0.15, 0.2) is 18.3 Å². The van der Waals surface area contributed by atoms with Crippen molar-refractivity contribution >= 4 is 21.5 Å². The lowest BCUT2D eigenvalue weighted by Gasteiger charge is -2.37. The molecule has 2 heterocycles. The van der Waals surface area contributed by atoms with Crippen molar-refractivity contribution in [2.75, 3.05) is 21.9 Å². The van der Waals surface area contributed by atoms with Gasteiger partial charge in [-0.05, 0) is 44.7 Å². The molecule has 1 N–H and O–H groups in total. The molecule has 20 heavy (non-hydrogen) atoms. The Balaban J connectivity index is 2.11. The van der Waals surface area contributed by atoms with E-state index in [0.717, 1.165) is 18.7 Å². The molecule has 1 fully saturated rings. The lowest BCUT2D eigenvalue weighted by molar-refractivity contribution is 0.449. The zero-order chi connectivity index (χ0) is 14.6. The molecular weight excluding hydrogens is 274 g/mol. The van der Waals surface area contributed by atoms with Crippen LogP contribution in [0.2, 0.25) is 0 Å². The maximum atomic E-state index is 11.5. The molecule has 1 aliphatic heterocycles. The molecule has 1 atom stereocenters. The second-order valence-corrected chi connectivity index (χ2v) is 7.17. The van der Waals surface area contributed by atoms with Crippen molar-refractivity contribution in [1.82, 2.24) is 4.98 Å². The standard InChI is InChI=1S/C14H23N3O2S/c1-3-12-7-5-6-10-17(12)13-8-9-14(15-11-13)16-20(18,19)4-2/h8-9,11-12H,3-7,10H2,1-2H3,(H,15,16). The van der Waals surface area contributed by atoms with Crippen LogP contribution in [0.5, 0.6) is 0 Å². The third kappa shape index (κ3) is 3.62. The van der Waals surface area contributed by atoms with E-state index >= 15 is 0 Å². The van der Waals surface area contributed by atoms with Gasteiger partial charge in [-0.15, -0.1) is 0 Å². The monoisotopic (exact) mass is 297 g/mol. The average Bonchev–Trinajstić information content (AvgIpc) is 2.48. The number of nitrogens with zero attached hydrogens (tertiary/aromatic N) is 2. The van der Waals surface area contributed by atoms with Crippen LogP contribution >= 0.6 is 0 Å². The van der Waals surface area contributed by atoms with E-state index in [4.69, 9.17) is 0 Å². The summed E-state index contributed by atoms with van der Waals surface area (Å²) in [5.74, 6) is 0.446. The molecule has 1 aromatic rings. The number of aromatic nitrogens is 1. The second-order valence-electron chi connectivity index (χ2n) is 5.16. The van der Waals surface area contributed by atoms with Gasteiger partial charge in [-0.1, -0.05) is 6.92 Å². The molecule has 0 bridgehead atoms. The van der Waals surface area contributed by atoms with Gasteiger partial charge in [0.05, 0.1) is 17.6 Å². The van der Waals surface area contributed by atoms with Gasteiger partial charge >= 0.3 is 0 Å². The molecule has 0 aromatic carbocycles. The first-order valence-corrected chi connectivity index (χ1v) is 8.94. The van der Waals surface area contributed by atoms with Crippen LogP contribution < -0.4 is 9.62 Å². The number of sulfonamides is 1. The molecule has 0 aliphatic carbocycles. The molecule has 0 saturated carbocycles. The van der Waals surface area contributed by atoms with Gasteiger partial charge in [0.25, 0.3) is 0 Å². The van der Waals surface area contributed by atoms with Crippen LogP contribution in [0.1, 0.15) is 39.5 Å². The predicted molar refractivity (Wildman–Crippen MR) is 82.6 cm³/mol. The summed E-state index contributed by atoms with van der Waals surface area (Å²) in [5.41, 5.74) is 1.08. The molecular formula is C14H23N3O2S. The molecule has 1 aromatic heterocycles. The van der Waals surface area contributed by atoms with Gasteiger partial charge in [0.1, 0.15) is 5.82 Å². The fourth-order valence-electron chi connectivity index (χ4n) is 2.61. The van der Waals surface area contributed by atoms with Crippen molar-refractivity contribution in [1.29, 1.82) is 0 Å². The Morgan fingerprint density at radius 3 is 2.75 bits per heavy atom. The first-order valence-electron chi connectivity index (χ1n) is 7.29. The van der Waals surface area contributed by atoms with E-state index in [1.165, 1.54) is 19.3 Å². The molecule has 0 spiro atoms. The Kier molecular flexibility index (Phi) is 4.86. The SMILES string of the molecule is CCC1CCCCN1c1ccc(NS(=O)(=O)CC)nc1. The zero-order valence-electron chi connectivity index (χ0n) is 12.2. The van der Waals surface area contributed by atoms with E-state index in [1.54, 1.807) is 19.2 Å². The molecule has 0 amide bonds. The van der Waals surface area contributed by atoms with Gasteiger partial charge in [-0.3, -0.25) is 4.72 Å².